The lowest BCUT2D eigenvalue weighted by atomic mass is 10.0. The van der Waals surface area contributed by atoms with Crippen molar-refractivity contribution in [1.29, 1.82) is 0 Å². The van der Waals surface area contributed by atoms with Crippen molar-refractivity contribution in [3.63, 3.8) is 0 Å². The number of benzene rings is 2. The van der Waals surface area contributed by atoms with Crippen molar-refractivity contribution in [3.8, 4) is 11.7 Å². The van der Waals surface area contributed by atoms with Crippen LogP contribution in [-0.4, -0.2) is 38.8 Å². The highest BCUT2D eigenvalue weighted by Crippen LogP contribution is 2.33. The predicted octanol–water partition coefficient (Wildman–Crippen LogP) is 4.17. The molecule has 8 nitrogen and oxygen atoms in total. The van der Waals surface area contributed by atoms with Crippen molar-refractivity contribution < 1.29 is 27.5 Å². The minimum atomic E-state index is -4.92. The maximum absolute atomic E-state index is 13.9. The number of nitrogens with one attached hydrogen (secondary N) is 1. The molecule has 2 heterocycles. The molecule has 2 aromatic heterocycles. The molecule has 4 rings (SSSR count). The molecule has 0 fully saturated rings. The summed E-state index contributed by atoms with van der Waals surface area (Å²) in [7, 11) is 1.34. The second kappa shape index (κ2) is 9.14. The van der Waals surface area contributed by atoms with Crippen LogP contribution in [0.25, 0.3) is 5.82 Å². The van der Waals surface area contributed by atoms with Gasteiger partial charge in [0.15, 0.2) is 17.3 Å². The molecule has 1 amide bonds. The second-order valence-corrected chi connectivity index (χ2v) is 6.98. The van der Waals surface area contributed by atoms with Crippen LogP contribution < -0.4 is 10.1 Å². The smallest absolute Gasteiger partial charge is 0.434 e. The van der Waals surface area contributed by atoms with Gasteiger partial charge in [-0.2, -0.15) is 18.3 Å². The monoisotopic (exact) mass is 467 g/mol. The van der Waals surface area contributed by atoms with Crippen LogP contribution in [0.4, 0.5) is 18.9 Å². The average molecular weight is 467 g/mol. The number of anilines is 1. The Labute approximate surface area is 191 Å². The van der Waals surface area contributed by atoms with E-state index < -0.39 is 23.3 Å². The van der Waals surface area contributed by atoms with E-state index in [-0.39, 0.29) is 28.7 Å². The Morgan fingerprint density at radius 1 is 0.941 bits per heavy atom. The van der Waals surface area contributed by atoms with Crippen LogP contribution in [0.1, 0.15) is 32.0 Å². The van der Waals surface area contributed by atoms with Gasteiger partial charge in [-0.15, -0.1) is 10.2 Å². The maximum Gasteiger partial charge on any atom is 0.434 e. The van der Waals surface area contributed by atoms with E-state index in [1.807, 2.05) is 0 Å². The third kappa shape index (κ3) is 4.63. The van der Waals surface area contributed by atoms with Crippen molar-refractivity contribution in [2.24, 2.45) is 0 Å². The van der Waals surface area contributed by atoms with Crippen LogP contribution in [-0.2, 0) is 6.18 Å². The van der Waals surface area contributed by atoms with Crippen molar-refractivity contribution >= 4 is 17.4 Å². The highest BCUT2D eigenvalue weighted by atomic mass is 19.4. The fourth-order valence-electron chi connectivity index (χ4n) is 3.19. The lowest BCUT2D eigenvalue weighted by Gasteiger charge is -2.12. The molecule has 0 aliphatic heterocycles. The van der Waals surface area contributed by atoms with Gasteiger partial charge >= 0.3 is 6.18 Å². The summed E-state index contributed by atoms with van der Waals surface area (Å²) in [5.74, 6) is -1.49. The highest BCUT2D eigenvalue weighted by molar-refractivity contribution is 6.10. The summed E-state index contributed by atoms with van der Waals surface area (Å²) in [5.41, 5.74) is -1.18. The largest absolute Gasteiger partial charge is 0.480 e. The molecule has 0 saturated heterocycles. The van der Waals surface area contributed by atoms with E-state index in [1.54, 1.807) is 36.4 Å². The number of carbonyl (C=O) groups excluding carboxylic acids is 2. The second-order valence-electron chi connectivity index (χ2n) is 6.98. The van der Waals surface area contributed by atoms with Gasteiger partial charge in [0.1, 0.15) is 0 Å². The van der Waals surface area contributed by atoms with Crippen LogP contribution in [0.2, 0.25) is 0 Å². The van der Waals surface area contributed by atoms with Gasteiger partial charge in [-0.05, 0) is 18.2 Å². The first-order chi connectivity index (χ1) is 16.3. The molecular weight excluding hydrogens is 451 g/mol. The van der Waals surface area contributed by atoms with Crippen LogP contribution >= 0.6 is 0 Å². The zero-order chi connectivity index (χ0) is 24.3. The molecule has 34 heavy (non-hydrogen) atoms. The van der Waals surface area contributed by atoms with Gasteiger partial charge in [-0.3, -0.25) is 9.59 Å². The van der Waals surface area contributed by atoms with E-state index in [9.17, 15) is 22.8 Å². The third-order valence-electron chi connectivity index (χ3n) is 4.75. The zero-order valence-electron chi connectivity index (χ0n) is 17.6. The standard InChI is InChI=1S/C23H16F3N5O3/c1-34-19-11-10-18(29-30-19)31-21(23(24,25)26)17(13-27-31)22(33)28-16-9-5-8-15(12-16)20(32)14-6-3-2-4-7-14/h2-13H,1H3,(H,28,33). The lowest BCUT2D eigenvalue weighted by Crippen LogP contribution is -2.21. The summed E-state index contributed by atoms with van der Waals surface area (Å²) in [6.07, 6.45) is -4.13. The molecular formula is C23H16F3N5O3. The molecule has 0 bridgehead atoms. The van der Waals surface area contributed by atoms with E-state index in [0.29, 0.717) is 10.2 Å². The summed E-state index contributed by atoms with van der Waals surface area (Å²) < 4.78 is 47.0. The van der Waals surface area contributed by atoms with Crippen molar-refractivity contribution in [2.45, 2.75) is 6.18 Å². The van der Waals surface area contributed by atoms with Gasteiger partial charge in [0.25, 0.3) is 5.91 Å². The number of nitrogens with zero attached hydrogens (tertiary/aromatic N) is 4. The number of ketones is 1. The molecule has 0 aliphatic rings. The normalized spacial score (nSPS) is 11.2. The molecule has 0 unspecified atom stereocenters. The number of amides is 1. The molecule has 0 atom stereocenters. The molecule has 4 aromatic rings. The molecule has 2 aromatic carbocycles. The number of ether oxygens (including phenoxy) is 1. The SMILES string of the molecule is COc1ccc(-n2ncc(C(=O)Nc3cccc(C(=O)c4ccccc4)c3)c2C(F)(F)F)nn1. The summed E-state index contributed by atoms with van der Waals surface area (Å²) in [5, 5.41) is 13.4. The lowest BCUT2D eigenvalue weighted by molar-refractivity contribution is -0.143. The minimum Gasteiger partial charge on any atom is -0.480 e. The summed E-state index contributed by atoms with van der Waals surface area (Å²) in [6, 6.07) is 16.9. The molecule has 172 valence electrons. The van der Waals surface area contributed by atoms with Crippen LogP contribution in [0.3, 0.4) is 0 Å². The Morgan fingerprint density at radius 2 is 1.68 bits per heavy atom. The Kier molecular flexibility index (Phi) is 6.09. The molecule has 0 radical (unpaired) electrons. The van der Waals surface area contributed by atoms with Crippen molar-refractivity contribution in [3.05, 3.63) is 95.3 Å². The van der Waals surface area contributed by atoms with E-state index in [4.69, 9.17) is 4.74 Å². The number of methoxy groups -OCH3 is 1. The number of rotatable bonds is 6. The Hall–Kier alpha value is -4.54. The summed E-state index contributed by atoms with van der Waals surface area (Å²) in [6.45, 7) is 0. The number of aromatic nitrogens is 4. The maximum atomic E-state index is 13.9. The van der Waals surface area contributed by atoms with Crippen LogP contribution in [0.5, 0.6) is 5.88 Å². The van der Waals surface area contributed by atoms with Crippen molar-refractivity contribution in [1.82, 2.24) is 20.0 Å². The van der Waals surface area contributed by atoms with Crippen molar-refractivity contribution in [2.75, 3.05) is 12.4 Å². The summed E-state index contributed by atoms with van der Waals surface area (Å²) in [4.78, 5) is 25.4. The van der Waals surface area contributed by atoms with Gasteiger partial charge < -0.3 is 10.1 Å². The van der Waals surface area contributed by atoms with Gasteiger partial charge in [-0.25, -0.2) is 4.68 Å². The Morgan fingerprint density at radius 3 is 2.32 bits per heavy atom. The summed E-state index contributed by atoms with van der Waals surface area (Å²) >= 11 is 0. The average Bonchev–Trinajstić information content (AvgIpc) is 3.31. The van der Waals surface area contributed by atoms with Crippen LogP contribution in [0, 0.1) is 0 Å². The topological polar surface area (TPSA) is 99.0 Å². The zero-order valence-corrected chi connectivity index (χ0v) is 17.6. The van der Waals surface area contributed by atoms with E-state index in [1.165, 1.54) is 37.4 Å². The number of hydrogen-bond donors (Lipinski definition) is 1. The predicted molar refractivity (Wildman–Crippen MR) is 115 cm³/mol. The Bertz CT molecular complexity index is 1340. The van der Waals surface area contributed by atoms with E-state index in [0.717, 1.165) is 6.20 Å². The van der Waals surface area contributed by atoms with Gasteiger partial charge in [0.2, 0.25) is 5.88 Å². The third-order valence-corrected chi connectivity index (χ3v) is 4.75. The molecule has 1 N–H and O–H groups in total. The van der Waals surface area contributed by atoms with E-state index >= 15 is 0 Å². The number of hydrogen-bond acceptors (Lipinski definition) is 6. The van der Waals surface area contributed by atoms with Gasteiger partial charge in [0.05, 0.1) is 18.9 Å². The molecule has 11 heteroatoms. The van der Waals surface area contributed by atoms with Gasteiger partial charge in [-0.1, -0.05) is 42.5 Å². The first-order valence-corrected chi connectivity index (χ1v) is 9.82. The van der Waals surface area contributed by atoms with Gasteiger partial charge in [0, 0.05) is 22.9 Å². The molecule has 0 aliphatic carbocycles. The quantitative estimate of drug-likeness (QED) is 0.428. The van der Waals surface area contributed by atoms with Crippen LogP contribution in [0.15, 0.2) is 72.9 Å². The van der Waals surface area contributed by atoms with E-state index in [2.05, 4.69) is 20.6 Å². The fourth-order valence-corrected chi connectivity index (χ4v) is 3.19. The number of halogens is 3. The minimum absolute atomic E-state index is 0.104. The first kappa shape index (κ1) is 22.6. The first-order valence-electron chi connectivity index (χ1n) is 9.82. The Balaban J connectivity index is 1.64. The molecule has 0 saturated carbocycles. The fraction of sp³-hybridized carbons (Fsp3) is 0.0870. The number of alkyl halides is 3. The number of carbonyl (C=O) groups is 2. The highest BCUT2D eigenvalue weighted by Gasteiger charge is 2.41. The molecule has 0 spiro atoms.